The molecule has 1 heterocycles. The zero-order valence-corrected chi connectivity index (χ0v) is 9.56. The Morgan fingerprint density at radius 2 is 2.44 bits per heavy atom. The van der Waals surface area contributed by atoms with Crippen molar-refractivity contribution in [2.24, 2.45) is 0 Å². The van der Waals surface area contributed by atoms with Gasteiger partial charge in [-0.2, -0.15) is 0 Å². The van der Waals surface area contributed by atoms with Crippen LogP contribution in [0.15, 0.2) is 10.6 Å². The molecule has 0 radical (unpaired) electrons. The lowest BCUT2D eigenvalue weighted by Gasteiger charge is -2.17. The molecule has 0 aliphatic heterocycles. The fraction of sp³-hybridized carbons (Fsp3) is 0.600. The van der Waals surface area contributed by atoms with E-state index < -0.39 is 0 Å². The molecule has 0 saturated carbocycles. The van der Waals surface area contributed by atoms with Crippen LogP contribution in [0.3, 0.4) is 0 Å². The molecule has 1 aromatic rings. The molecule has 2 N–H and O–H groups in total. The van der Waals surface area contributed by atoms with E-state index in [0.717, 1.165) is 5.69 Å². The van der Waals surface area contributed by atoms with E-state index >= 15 is 0 Å². The van der Waals surface area contributed by atoms with Gasteiger partial charge in [0.1, 0.15) is 0 Å². The van der Waals surface area contributed by atoms with Gasteiger partial charge in [-0.05, 0) is 13.5 Å². The quantitative estimate of drug-likeness (QED) is 0.727. The summed E-state index contributed by atoms with van der Waals surface area (Å²) >= 11 is 0. The summed E-state index contributed by atoms with van der Waals surface area (Å²) in [6.07, 6.45) is 0. The van der Waals surface area contributed by atoms with Gasteiger partial charge in [-0.1, -0.05) is 12.1 Å². The second-order valence-corrected chi connectivity index (χ2v) is 3.47. The van der Waals surface area contributed by atoms with Gasteiger partial charge < -0.3 is 9.63 Å². The molecule has 0 fully saturated rings. The number of aromatic nitrogens is 1. The number of rotatable bonds is 6. The maximum Gasteiger partial charge on any atom is 0.240 e. The highest BCUT2D eigenvalue weighted by atomic mass is 16.5. The van der Waals surface area contributed by atoms with E-state index in [1.54, 1.807) is 13.0 Å². The SMILES string of the molecule is CCN(CCO)CC(=O)Nc1cc(C)no1. The van der Waals surface area contributed by atoms with Gasteiger partial charge in [-0.25, -0.2) is 0 Å². The lowest BCUT2D eigenvalue weighted by Crippen LogP contribution is -2.34. The number of anilines is 1. The van der Waals surface area contributed by atoms with Crippen LogP contribution in [0, 0.1) is 6.92 Å². The molecule has 0 aliphatic rings. The highest BCUT2D eigenvalue weighted by Gasteiger charge is 2.10. The number of nitrogens with one attached hydrogen (secondary N) is 1. The van der Waals surface area contributed by atoms with Gasteiger partial charge in [-0.3, -0.25) is 15.0 Å². The highest BCUT2D eigenvalue weighted by molar-refractivity contribution is 5.90. The molecule has 0 aliphatic carbocycles. The van der Waals surface area contributed by atoms with Crippen molar-refractivity contribution in [1.29, 1.82) is 0 Å². The number of aliphatic hydroxyl groups excluding tert-OH is 1. The van der Waals surface area contributed by atoms with Crippen molar-refractivity contribution in [2.45, 2.75) is 13.8 Å². The molecule has 0 spiro atoms. The predicted octanol–water partition coefficient (Wildman–Crippen LogP) is 0.236. The average molecular weight is 227 g/mol. The predicted molar refractivity (Wildman–Crippen MR) is 59.1 cm³/mol. The van der Waals surface area contributed by atoms with Crippen LogP contribution in [-0.4, -0.2) is 47.3 Å². The van der Waals surface area contributed by atoms with Crippen LogP contribution in [0.1, 0.15) is 12.6 Å². The van der Waals surface area contributed by atoms with Gasteiger partial charge in [0.2, 0.25) is 11.8 Å². The summed E-state index contributed by atoms with van der Waals surface area (Å²) in [7, 11) is 0. The minimum absolute atomic E-state index is 0.0442. The Balaban J connectivity index is 2.40. The fourth-order valence-electron chi connectivity index (χ4n) is 1.29. The third-order valence-electron chi connectivity index (χ3n) is 2.12. The topological polar surface area (TPSA) is 78.6 Å². The van der Waals surface area contributed by atoms with E-state index in [2.05, 4.69) is 10.5 Å². The highest BCUT2D eigenvalue weighted by Crippen LogP contribution is 2.07. The molecule has 0 bridgehead atoms. The van der Waals surface area contributed by atoms with Crippen LogP contribution in [0.2, 0.25) is 0 Å². The number of hydrogen-bond acceptors (Lipinski definition) is 5. The van der Waals surface area contributed by atoms with Gasteiger partial charge in [0.15, 0.2) is 0 Å². The summed E-state index contributed by atoms with van der Waals surface area (Å²) in [6.45, 7) is 5.19. The summed E-state index contributed by atoms with van der Waals surface area (Å²) in [6, 6.07) is 1.65. The Labute approximate surface area is 94.2 Å². The van der Waals surface area contributed by atoms with E-state index in [9.17, 15) is 4.79 Å². The number of likely N-dealkylation sites (N-methyl/N-ethyl adjacent to an activating group) is 1. The number of aryl methyl sites for hydroxylation is 1. The molecular formula is C10H17N3O3. The molecule has 1 aromatic heterocycles. The first kappa shape index (κ1) is 12.7. The molecule has 6 heteroatoms. The average Bonchev–Trinajstić information content (AvgIpc) is 2.63. The summed E-state index contributed by atoms with van der Waals surface area (Å²) < 4.78 is 4.86. The third kappa shape index (κ3) is 4.00. The molecule has 16 heavy (non-hydrogen) atoms. The van der Waals surface area contributed by atoms with Crippen LogP contribution in [0.5, 0.6) is 0 Å². The Morgan fingerprint density at radius 1 is 1.69 bits per heavy atom. The summed E-state index contributed by atoms with van der Waals surface area (Å²) in [5, 5.41) is 15.0. The number of carbonyl (C=O) groups is 1. The van der Waals surface area contributed by atoms with E-state index in [1.165, 1.54) is 0 Å². The molecule has 1 rings (SSSR count). The van der Waals surface area contributed by atoms with Crippen LogP contribution < -0.4 is 5.32 Å². The standard InChI is InChI=1S/C10H17N3O3/c1-3-13(4-5-14)7-9(15)11-10-6-8(2)12-16-10/h6,14H,3-5,7H2,1-2H3,(H,11,15). The maximum absolute atomic E-state index is 11.5. The zero-order valence-electron chi connectivity index (χ0n) is 9.56. The van der Waals surface area contributed by atoms with Gasteiger partial charge in [0.25, 0.3) is 0 Å². The maximum atomic E-state index is 11.5. The monoisotopic (exact) mass is 227 g/mol. The Bertz CT molecular complexity index is 338. The summed E-state index contributed by atoms with van der Waals surface area (Å²) in [4.78, 5) is 13.4. The minimum Gasteiger partial charge on any atom is -0.395 e. The Kier molecular flexibility index (Phi) is 4.94. The smallest absolute Gasteiger partial charge is 0.240 e. The lowest BCUT2D eigenvalue weighted by atomic mass is 10.4. The number of amides is 1. The first-order chi connectivity index (χ1) is 7.65. The first-order valence-corrected chi connectivity index (χ1v) is 5.22. The third-order valence-corrected chi connectivity index (χ3v) is 2.12. The first-order valence-electron chi connectivity index (χ1n) is 5.22. The normalized spacial score (nSPS) is 10.8. The van der Waals surface area contributed by atoms with E-state index in [-0.39, 0.29) is 19.1 Å². The van der Waals surface area contributed by atoms with Crippen LogP contribution in [0.25, 0.3) is 0 Å². The largest absolute Gasteiger partial charge is 0.395 e. The summed E-state index contributed by atoms with van der Waals surface area (Å²) in [5.74, 6) is 0.175. The Morgan fingerprint density at radius 3 is 2.94 bits per heavy atom. The van der Waals surface area contributed by atoms with Gasteiger partial charge in [0, 0.05) is 12.6 Å². The fourth-order valence-corrected chi connectivity index (χ4v) is 1.29. The number of aliphatic hydroxyl groups is 1. The molecule has 90 valence electrons. The second kappa shape index (κ2) is 6.24. The minimum atomic E-state index is -0.175. The van der Waals surface area contributed by atoms with Crippen LogP contribution >= 0.6 is 0 Å². The van der Waals surface area contributed by atoms with Crippen molar-refractivity contribution < 1.29 is 14.4 Å². The van der Waals surface area contributed by atoms with Crippen molar-refractivity contribution in [3.05, 3.63) is 11.8 Å². The molecule has 1 amide bonds. The molecule has 0 atom stereocenters. The van der Waals surface area contributed by atoms with E-state index in [0.29, 0.717) is 19.0 Å². The van der Waals surface area contributed by atoms with Gasteiger partial charge in [0.05, 0.1) is 18.8 Å². The number of carbonyl (C=O) groups excluding carboxylic acids is 1. The number of hydrogen-bond donors (Lipinski definition) is 2. The second-order valence-electron chi connectivity index (χ2n) is 3.47. The van der Waals surface area contributed by atoms with Crippen molar-refractivity contribution >= 4 is 11.8 Å². The Hall–Kier alpha value is -1.40. The molecule has 0 unspecified atom stereocenters. The molecule has 6 nitrogen and oxygen atoms in total. The van der Waals surface area contributed by atoms with Crippen molar-refractivity contribution in [1.82, 2.24) is 10.1 Å². The molecule has 0 aromatic carbocycles. The molecular weight excluding hydrogens is 210 g/mol. The van der Waals surface area contributed by atoms with E-state index in [1.807, 2.05) is 11.8 Å². The van der Waals surface area contributed by atoms with Crippen molar-refractivity contribution in [2.75, 3.05) is 31.6 Å². The van der Waals surface area contributed by atoms with E-state index in [4.69, 9.17) is 9.63 Å². The number of nitrogens with zero attached hydrogens (tertiary/aromatic N) is 2. The zero-order chi connectivity index (χ0) is 12.0. The van der Waals surface area contributed by atoms with Crippen LogP contribution in [-0.2, 0) is 4.79 Å². The lowest BCUT2D eigenvalue weighted by molar-refractivity contribution is -0.117. The van der Waals surface area contributed by atoms with Crippen molar-refractivity contribution in [3.63, 3.8) is 0 Å². The molecule has 0 saturated heterocycles. The van der Waals surface area contributed by atoms with Crippen molar-refractivity contribution in [3.8, 4) is 0 Å². The summed E-state index contributed by atoms with van der Waals surface area (Å²) in [5.41, 5.74) is 0.720. The van der Waals surface area contributed by atoms with Gasteiger partial charge in [-0.15, -0.1) is 0 Å². The van der Waals surface area contributed by atoms with Crippen LogP contribution in [0.4, 0.5) is 5.88 Å². The van der Waals surface area contributed by atoms with Gasteiger partial charge >= 0.3 is 0 Å².